The Morgan fingerprint density at radius 1 is 1.02 bits per heavy atom. The molecule has 2 aromatic carbocycles. The van der Waals surface area contributed by atoms with Crippen LogP contribution in [-0.4, -0.2) is 68.0 Å². The number of nitrogens with one attached hydrogen (secondary N) is 2. The van der Waals surface area contributed by atoms with Crippen LogP contribution in [0.25, 0.3) is 0 Å². The Bertz CT molecular complexity index is 1230. The smallest absolute Gasteiger partial charge is 0.328 e. The molecule has 0 spiro atoms. The van der Waals surface area contributed by atoms with Gasteiger partial charge in [-0.05, 0) is 49.2 Å². The molecule has 220 valence electrons. The molecule has 2 rings (SSSR count). The molecule has 11 heteroatoms. The Kier molecular flexibility index (Phi) is 13.4. The van der Waals surface area contributed by atoms with Crippen LogP contribution in [0.3, 0.4) is 0 Å². The molecule has 0 heterocycles. The Balaban J connectivity index is 2.03. The zero-order valence-electron chi connectivity index (χ0n) is 23.5. The molecule has 0 radical (unpaired) electrons. The van der Waals surface area contributed by atoms with Crippen LogP contribution in [0.1, 0.15) is 35.7 Å². The minimum absolute atomic E-state index is 0.00903. The number of carbonyl (C=O) groups excluding carboxylic acids is 4. The molecule has 0 saturated heterocycles. The van der Waals surface area contributed by atoms with Crippen LogP contribution in [-0.2, 0) is 25.7 Å². The van der Waals surface area contributed by atoms with Gasteiger partial charge >= 0.3 is 5.97 Å². The fourth-order valence-corrected chi connectivity index (χ4v) is 3.93. The van der Waals surface area contributed by atoms with E-state index in [-0.39, 0.29) is 36.7 Å². The van der Waals surface area contributed by atoms with Gasteiger partial charge in [0.1, 0.15) is 30.2 Å². The number of ether oxygens (including phenoxy) is 3. The van der Waals surface area contributed by atoms with E-state index in [1.807, 2.05) is 12.1 Å². The van der Waals surface area contributed by atoms with Gasteiger partial charge in [-0.25, -0.2) is 4.79 Å². The maximum atomic E-state index is 13.0. The minimum Gasteiger partial charge on any atom is -0.497 e. The number of halogens is 1. The van der Waals surface area contributed by atoms with Crippen LogP contribution >= 0.6 is 11.6 Å². The monoisotopic (exact) mass is 585 g/mol. The van der Waals surface area contributed by atoms with Crippen molar-refractivity contribution in [1.82, 2.24) is 15.5 Å². The van der Waals surface area contributed by atoms with Crippen molar-refractivity contribution in [2.75, 3.05) is 27.4 Å². The molecule has 10 nitrogen and oxygen atoms in total. The second-order valence-electron chi connectivity index (χ2n) is 8.97. The lowest BCUT2D eigenvalue weighted by Crippen LogP contribution is -2.51. The summed E-state index contributed by atoms with van der Waals surface area (Å²) >= 11 is 6.02. The number of hydrogen-bond donors (Lipinski definition) is 2. The Hall–Kier alpha value is -4.31. The van der Waals surface area contributed by atoms with Crippen LogP contribution < -0.4 is 20.1 Å². The van der Waals surface area contributed by atoms with Gasteiger partial charge in [0.2, 0.25) is 11.8 Å². The molecule has 2 aromatic rings. The third-order valence-corrected chi connectivity index (χ3v) is 6.20. The lowest BCUT2D eigenvalue weighted by molar-refractivity contribution is -0.145. The van der Waals surface area contributed by atoms with E-state index < -0.39 is 29.9 Å². The average Bonchev–Trinajstić information content (AvgIpc) is 2.97. The first-order chi connectivity index (χ1) is 19.6. The maximum absolute atomic E-state index is 13.0. The van der Waals surface area contributed by atoms with Crippen LogP contribution in [0.2, 0.25) is 5.02 Å². The van der Waals surface area contributed by atoms with Gasteiger partial charge in [0.05, 0.1) is 19.8 Å². The predicted molar refractivity (Wildman–Crippen MR) is 156 cm³/mol. The number of amides is 3. The SMILES string of the molecule is C=CCOc1cc(Cl)ccc1C(=O)N[C@H](C)C(=O)N[C@@H](CCC(=O)N(CC=C)Cc1ccc(OC)cc1)C(=O)OC. The number of hydrogen-bond acceptors (Lipinski definition) is 7. The molecule has 0 bridgehead atoms. The molecule has 2 N–H and O–H groups in total. The number of rotatable bonds is 16. The number of benzene rings is 2. The molecular weight excluding hydrogens is 550 g/mol. The fraction of sp³-hybridized carbons (Fsp3) is 0.333. The summed E-state index contributed by atoms with van der Waals surface area (Å²) < 4.78 is 15.5. The van der Waals surface area contributed by atoms with Crippen molar-refractivity contribution >= 4 is 35.3 Å². The van der Waals surface area contributed by atoms with Crippen LogP contribution in [0.5, 0.6) is 11.5 Å². The number of esters is 1. The first-order valence-electron chi connectivity index (χ1n) is 12.9. The molecule has 41 heavy (non-hydrogen) atoms. The third kappa shape index (κ3) is 10.3. The molecule has 0 aliphatic heterocycles. The molecular formula is C30H36ClN3O7. The van der Waals surface area contributed by atoms with E-state index in [1.54, 1.807) is 30.2 Å². The van der Waals surface area contributed by atoms with Gasteiger partial charge < -0.3 is 29.7 Å². The highest BCUT2D eigenvalue weighted by Gasteiger charge is 2.27. The van der Waals surface area contributed by atoms with Crippen molar-refractivity contribution in [1.29, 1.82) is 0 Å². The van der Waals surface area contributed by atoms with Gasteiger partial charge in [-0.3, -0.25) is 14.4 Å². The van der Waals surface area contributed by atoms with E-state index in [4.69, 9.17) is 25.8 Å². The van der Waals surface area contributed by atoms with Crippen molar-refractivity contribution in [3.8, 4) is 11.5 Å². The summed E-state index contributed by atoms with van der Waals surface area (Å²) in [6, 6.07) is 9.67. The summed E-state index contributed by atoms with van der Waals surface area (Å²) in [6.07, 6.45) is 3.08. The number of nitrogens with zero attached hydrogens (tertiary/aromatic N) is 1. The van der Waals surface area contributed by atoms with Gasteiger partial charge in [-0.1, -0.05) is 42.5 Å². The summed E-state index contributed by atoms with van der Waals surface area (Å²) in [5.41, 5.74) is 1.06. The molecule has 0 fully saturated rings. The summed E-state index contributed by atoms with van der Waals surface area (Å²) in [7, 11) is 2.76. The molecule has 2 atom stereocenters. The van der Waals surface area contributed by atoms with Crippen LogP contribution in [0, 0.1) is 0 Å². The standard InChI is InChI=1S/C30H36ClN3O7/c1-6-16-34(19-21-8-11-23(39-4)12-9-21)27(35)15-14-25(30(38)40-5)33-28(36)20(3)32-29(37)24-13-10-22(31)18-26(24)41-17-7-2/h6-13,18,20,25H,1-2,14-17,19H2,3-5H3,(H,32,37)(H,33,36)/t20-,25+/m1/s1. The topological polar surface area (TPSA) is 123 Å². The second-order valence-corrected chi connectivity index (χ2v) is 9.41. The van der Waals surface area contributed by atoms with Crippen molar-refractivity contribution in [3.63, 3.8) is 0 Å². The lowest BCUT2D eigenvalue weighted by atomic mass is 10.1. The highest BCUT2D eigenvalue weighted by atomic mass is 35.5. The van der Waals surface area contributed by atoms with E-state index in [2.05, 4.69) is 23.8 Å². The van der Waals surface area contributed by atoms with Gasteiger partial charge in [0.25, 0.3) is 5.91 Å². The van der Waals surface area contributed by atoms with Gasteiger partial charge in [0, 0.05) is 24.5 Å². The minimum atomic E-state index is -1.11. The van der Waals surface area contributed by atoms with Crippen LogP contribution in [0.15, 0.2) is 67.8 Å². The van der Waals surface area contributed by atoms with E-state index >= 15 is 0 Å². The molecule has 0 aliphatic carbocycles. The maximum Gasteiger partial charge on any atom is 0.328 e. The Morgan fingerprint density at radius 3 is 2.34 bits per heavy atom. The fourth-order valence-electron chi connectivity index (χ4n) is 3.77. The number of methoxy groups -OCH3 is 2. The summed E-state index contributed by atoms with van der Waals surface area (Å²) in [4.78, 5) is 52.8. The van der Waals surface area contributed by atoms with Gasteiger partial charge in [-0.15, -0.1) is 6.58 Å². The van der Waals surface area contributed by atoms with E-state index in [0.717, 1.165) is 5.56 Å². The van der Waals surface area contributed by atoms with Crippen LogP contribution in [0.4, 0.5) is 0 Å². The third-order valence-electron chi connectivity index (χ3n) is 5.97. The van der Waals surface area contributed by atoms with Crippen molar-refractivity contribution < 1.29 is 33.4 Å². The quantitative estimate of drug-likeness (QED) is 0.227. The summed E-state index contributed by atoms with van der Waals surface area (Å²) in [5, 5.41) is 5.53. The Labute approximate surface area is 245 Å². The average molecular weight is 586 g/mol. The largest absolute Gasteiger partial charge is 0.497 e. The molecule has 0 aromatic heterocycles. The van der Waals surface area contributed by atoms with E-state index in [9.17, 15) is 19.2 Å². The number of carbonyl (C=O) groups is 4. The predicted octanol–water partition coefficient (Wildman–Crippen LogP) is 3.68. The molecule has 0 unspecified atom stereocenters. The van der Waals surface area contributed by atoms with E-state index in [1.165, 1.54) is 38.3 Å². The van der Waals surface area contributed by atoms with Crippen molar-refractivity contribution in [3.05, 3.63) is 83.9 Å². The molecule has 3 amide bonds. The molecule has 0 saturated carbocycles. The first kappa shape index (κ1) is 32.9. The first-order valence-corrected chi connectivity index (χ1v) is 13.2. The zero-order chi connectivity index (χ0) is 30.4. The lowest BCUT2D eigenvalue weighted by Gasteiger charge is -2.24. The Morgan fingerprint density at radius 2 is 1.73 bits per heavy atom. The highest BCUT2D eigenvalue weighted by molar-refractivity contribution is 6.30. The van der Waals surface area contributed by atoms with Crippen molar-refractivity contribution in [2.45, 2.75) is 38.4 Å². The zero-order valence-corrected chi connectivity index (χ0v) is 24.2. The second kappa shape index (κ2) is 16.7. The highest BCUT2D eigenvalue weighted by Crippen LogP contribution is 2.24. The summed E-state index contributed by atoms with van der Waals surface area (Å²) in [5.74, 6) is -1.23. The molecule has 0 aliphatic rings. The summed E-state index contributed by atoms with van der Waals surface area (Å²) in [6.45, 7) is 9.55. The van der Waals surface area contributed by atoms with E-state index in [0.29, 0.717) is 23.9 Å². The normalized spacial score (nSPS) is 11.8. The van der Waals surface area contributed by atoms with Gasteiger partial charge in [-0.2, -0.15) is 0 Å². The van der Waals surface area contributed by atoms with Gasteiger partial charge in [0.15, 0.2) is 0 Å². The van der Waals surface area contributed by atoms with Crippen molar-refractivity contribution in [2.24, 2.45) is 0 Å².